The molecule has 1 heterocycles. The molecule has 1 aromatic carbocycles. The summed E-state index contributed by atoms with van der Waals surface area (Å²) in [6.45, 7) is 0.156. The second-order valence-corrected chi connectivity index (χ2v) is 4.23. The molecule has 0 radical (unpaired) electrons. The summed E-state index contributed by atoms with van der Waals surface area (Å²) < 4.78 is 2.37. The van der Waals surface area contributed by atoms with Gasteiger partial charge in [0, 0.05) is 10.7 Å². The molecule has 0 saturated carbocycles. The van der Waals surface area contributed by atoms with Crippen LogP contribution in [0.5, 0.6) is 0 Å². The topological polar surface area (TPSA) is 54.9 Å². The third kappa shape index (κ3) is 2.14. The highest BCUT2D eigenvalue weighted by molar-refractivity contribution is 9.10. The average Bonchev–Trinajstić information content (AvgIpc) is 2.60. The van der Waals surface area contributed by atoms with Gasteiger partial charge in [-0.3, -0.25) is 14.6 Å². The maximum atomic E-state index is 11.6. The Hall–Kier alpha value is -1.62. The Morgan fingerprint density at radius 3 is 2.94 bits per heavy atom. The molecule has 4 nitrogen and oxygen atoms in total. The van der Waals surface area contributed by atoms with Crippen molar-refractivity contribution < 1.29 is 4.79 Å². The molecule has 0 atom stereocenters. The SMILES string of the molecule is O=CCn1cc(-c2cccc(Br)c2)c(=O)[nH]1. The van der Waals surface area contributed by atoms with Crippen molar-refractivity contribution in [2.75, 3.05) is 0 Å². The van der Waals surface area contributed by atoms with Gasteiger partial charge in [0.15, 0.2) is 0 Å². The predicted octanol–water partition coefficient (Wildman–Crippen LogP) is 1.80. The number of rotatable bonds is 3. The molecule has 0 bridgehead atoms. The minimum absolute atomic E-state index is 0.156. The van der Waals surface area contributed by atoms with E-state index in [1.54, 1.807) is 6.20 Å². The van der Waals surface area contributed by atoms with Crippen molar-refractivity contribution in [1.29, 1.82) is 0 Å². The normalized spacial score (nSPS) is 10.3. The molecule has 0 aliphatic rings. The van der Waals surface area contributed by atoms with Gasteiger partial charge in [-0.1, -0.05) is 28.1 Å². The average molecular weight is 281 g/mol. The molecule has 16 heavy (non-hydrogen) atoms. The van der Waals surface area contributed by atoms with E-state index in [0.29, 0.717) is 5.56 Å². The summed E-state index contributed by atoms with van der Waals surface area (Å²) in [5.74, 6) is 0. The van der Waals surface area contributed by atoms with Crippen LogP contribution in [0.15, 0.2) is 39.7 Å². The van der Waals surface area contributed by atoms with Crippen LogP contribution in [0.1, 0.15) is 0 Å². The number of benzene rings is 1. The number of nitrogens with one attached hydrogen (secondary N) is 1. The number of aromatic nitrogens is 2. The molecular formula is C11H9BrN2O2. The minimum atomic E-state index is -0.194. The number of nitrogens with zero attached hydrogens (tertiary/aromatic N) is 1. The van der Waals surface area contributed by atoms with Crippen molar-refractivity contribution in [3.8, 4) is 11.1 Å². The third-order valence-corrected chi connectivity index (χ3v) is 2.67. The highest BCUT2D eigenvalue weighted by Gasteiger charge is 2.06. The highest BCUT2D eigenvalue weighted by Crippen LogP contribution is 2.19. The van der Waals surface area contributed by atoms with Crippen molar-refractivity contribution in [2.24, 2.45) is 0 Å². The lowest BCUT2D eigenvalue weighted by atomic mass is 10.1. The molecule has 0 fully saturated rings. The van der Waals surface area contributed by atoms with Gasteiger partial charge in [-0.2, -0.15) is 0 Å². The molecule has 1 N–H and O–H groups in total. The molecule has 0 aliphatic carbocycles. The predicted molar refractivity (Wildman–Crippen MR) is 64.3 cm³/mol. The second-order valence-electron chi connectivity index (χ2n) is 3.31. The fourth-order valence-electron chi connectivity index (χ4n) is 1.48. The largest absolute Gasteiger partial charge is 0.301 e. The summed E-state index contributed by atoms with van der Waals surface area (Å²) in [5.41, 5.74) is 1.18. The van der Waals surface area contributed by atoms with E-state index in [9.17, 15) is 9.59 Å². The Balaban J connectivity index is 2.47. The molecule has 0 saturated heterocycles. The summed E-state index contributed by atoms with van der Waals surface area (Å²) in [5, 5.41) is 2.58. The van der Waals surface area contributed by atoms with Gasteiger partial charge in [-0.15, -0.1) is 0 Å². The lowest BCUT2D eigenvalue weighted by Crippen LogP contribution is -2.06. The molecule has 0 unspecified atom stereocenters. The van der Waals surface area contributed by atoms with E-state index in [1.165, 1.54) is 4.68 Å². The van der Waals surface area contributed by atoms with Crippen LogP contribution in [0.3, 0.4) is 0 Å². The Bertz CT molecular complexity index is 571. The number of carbonyl (C=O) groups excluding carboxylic acids is 1. The highest BCUT2D eigenvalue weighted by atomic mass is 79.9. The number of hydrogen-bond donors (Lipinski definition) is 1. The van der Waals surface area contributed by atoms with E-state index in [0.717, 1.165) is 16.3 Å². The van der Waals surface area contributed by atoms with Crippen molar-refractivity contribution in [2.45, 2.75) is 6.54 Å². The second kappa shape index (κ2) is 4.49. The fraction of sp³-hybridized carbons (Fsp3) is 0.0909. The first kappa shape index (κ1) is 10.9. The number of hydrogen-bond acceptors (Lipinski definition) is 2. The first-order valence-electron chi connectivity index (χ1n) is 4.70. The van der Waals surface area contributed by atoms with Gasteiger partial charge in [0.05, 0.1) is 12.1 Å². The molecule has 82 valence electrons. The minimum Gasteiger partial charge on any atom is -0.301 e. The van der Waals surface area contributed by atoms with Crippen molar-refractivity contribution >= 4 is 22.2 Å². The van der Waals surface area contributed by atoms with Crippen LogP contribution in [-0.4, -0.2) is 16.1 Å². The zero-order chi connectivity index (χ0) is 11.5. The number of H-pyrrole nitrogens is 1. The Labute approximate surface area is 100 Å². The van der Waals surface area contributed by atoms with Gasteiger partial charge in [0.2, 0.25) is 0 Å². The molecular weight excluding hydrogens is 272 g/mol. The molecule has 1 aromatic heterocycles. The van der Waals surface area contributed by atoms with E-state index in [-0.39, 0.29) is 12.1 Å². The molecule has 0 aliphatic heterocycles. The van der Waals surface area contributed by atoms with Crippen molar-refractivity contribution in [1.82, 2.24) is 9.78 Å². The van der Waals surface area contributed by atoms with Crippen LogP contribution in [0.2, 0.25) is 0 Å². The lowest BCUT2D eigenvalue weighted by molar-refractivity contribution is -0.108. The number of aldehydes is 1. The zero-order valence-corrected chi connectivity index (χ0v) is 9.90. The van der Waals surface area contributed by atoms with Gasteiger partial charge in [0.25, 0.3) is 5.56 Å². The number of aromatic amines is 1. The first-order valence-corrected chi connectivity index (χ1v) is 5.49. The summed E-state index contributed by atoms with van der Waals surface area (Å²) in [4.78, 5) is 22.0. The number of carbonyl (C=O) groups is 1. The quantitative estimate of drug-likeness (QED) is 0.872. The summed E-state index contributed by atoms with van der Waals surface area (Å²) in [7, 11) is 0. The van der Waals surface area contributed by atoms with Gasteiger partial charge in [-0.05, 0) is 17.7 Å². The first-order chi connectivity index (χ1) is 7.70. The van der Waals surface area contributed by atoms with Crippen molar-refractivity contribution in [3.05, 3.63) is 45.3 Å². The molecule has 2 rings (SSSR count). The Morgan fingerprint density at radius 1 is 1.44 bits per heavy atom. The van der Waals surface area contributed by atoms with Crippen LogP contribution in [-0.2, 0) is 11.3 Å². The van der Waals surface area contributed by atoms with E-state index in [1.807, 2.05) is 24.3 Å². The summed E-state index contributed by atoms with van der Waals surface area (Å²) in [6.07, 6.45) is 2.37. The molecule has 5 heteroatoms. The Kier molecular flexibility index (Phi) is 3.05. The molecule has 0 spiro atoms. The van der Waals surface area contributed by atoms with Gasteiger partial charge >= 0.3 is 0 Å². The van der Waals surface area contributed by atoms with Gasteiger partial charge < -0.3 is 4.79 Å². The van der Waals surface area contributed by atoms with Gasteiger partial charge in [0.1, 0.15) is 6.29 Å². The monoisotopic (exact) mass is 280 g/mol. The van der Waals surface area contributed by atoms with E-state index >= 15 is 0 Å². The van der Waals surface area contributed by atoms with E-state index in [4.69, 9.17) is 0 Å². The molecule has 0 amide bonds. The molecule has 2 aromatic rings. The standard InChI is InChI=1S/C11H9BrN2O2/c12-9-3-1-2-8(6-9)10-7-14(4-5-15)13-11(10)16/h1-3,5-7H,4H2,(H,13,16). The van der Waals surface area contributed by atoms with E-state index < -0.39 is 0 Å². The van der Waals surface area contributed by atoms with Crippen LogP contribution in [0.25, 0.3) is 11.1 Å². The van der Waals surface area contributed by atoms with Crippen LogP contribution >= 0.6 is 15.9 Å². The smallest absolute Gasteiger partial charge is 0.271 e. The maximum absolute atomic E-state index is 11.6. The van der Waals surface area contributed by atoms with Gasteiger partial charge in [-0.25, -0.2) is 0 Å². The fourth-order valence-corrected chi connectivity index (χ4v) is 1.88. The number of halogens is 1. The van der Waals surface area contributed by atoms with Crippen LogP contribution in [0.4, 0.5) is 0 Å². The zero-order valence-electron chi connectivity index (χ0n) is 8.31. The summed E-state index contributed by atoms with van der Waals surface area (Å²) in [6, 6.07) is 7.45. The maximum Gasteiger partial charge on any atom is 0.271 e. The van der Waals surface area contributed by atoms with Crippen LogP contribution in [0, 0.1) is 0 Å². The lowest BCUT2D eigenvalue weighted by Gasteiger charge is -1.96. The third-order valence-electron chi connectivity index (χ3n) is 2.18. The summed E-state index contributed by atoms with van der Waals surface area (Å²) >= 11 is 3.35. The van der Waals surface area contributed by atoms with E-state index in [2.05, 4.69) is 21.0 Å². The van der Waals surface area contributed by atoms with Crippen LogP contribution < -0.4 is 5.56 Å². The van der Waals surface area contributed by atoms with Crippen molar-refractivity contribution in [3.63, 3.8) is 0 Å². The Morgan fingerprint density at radius 2 is 2.25 bits per heavy atom.